The second-order valence-corrected chi connectivity index (χ2v) is 15.5. The molecule has 0 amide bonds. The summed E-state index contributed by atoms with van der Waals surface area (Å²) in [5, 5.41) is -4.05. The van der Waals surface area contributed by atoms with E-state index in [1.165, 1.54) is 0 Å². The Balaban J connectivity index is 1.55. The lowest BCUT2D eigenvalue weighted by molar-refractivity contribution is -0.130. The van der Waals surface area contributed by atoms with E-state index in [1.54, 1.807) is 121 Å². The summed E-state index contributed by atoms with van der Waals surface area (Å²) in [6, 6.07) is 30.7. The van der Waals surface area contributed by atoms with Gasteiger partial charge in [0.15, 0.2) is 28.1 Å². The van der Waals surface area contributed by atoms with Gasteiger partial charge in [-0.25, -0.2) is 26.3 Å². The molecule has 0 spiro atoms. The Bertz CT molecular complexity index is 1760. The summed E-state index contributed by atoms with van der Waals surface area (Å²) in [6.07, 6.45) is -0.276. The first-order valence-corrected chi connectivity index (χ1v) is 19.1. The first-order valence-electron chi connectivity index (χ1n) is 14.9. The minimum Gasteiger partial charge on any atom is -0.296 e. The van der Waals surface area contributed by atoms with Gasteiger partial charge < -0.3 is 0 Å². The Morgan fingerprint density at radius 3 is 1.02 bits per heavy atom. The fraction of sp³-hybridized carbons (Fsp3) is 0.229. The van der Waals surface area contributed by atoms with E-state index in [1.807, 2.05) is 0 Å². The molecular weight excluding hydrogens is 695 g/mol. The summed E-state index contributed by atoms with van der Waals surface area (Å²) in [7, 11) is -8.21. The number of nitrogens with one attached hydrogen (secondary N) is 2. The number of Topliss-reactive ketones (excluding diaryl/α,β-unsaturated/α-hetero) is 3. The number of sulfonamides is 2. The third-order valence-electron chi connectivity index (χ3n) is 7.29. The second kappa shape index (κ2) is 17.1. The Morgan fingerprint density at radius 2 is 0.729 bits per heavy atom. The molecular formula is C35H34Cl2N2O7S2. The van der Waals surface area contributed by atoms with Crippen LogP contribution >= 0.6 is 23.2 Å². The van der Waals surface area contributed by atoms with E-state index < -0.39 is 71.7 Å². The van der Waals surface area contributed by atoms with E-state index >= 15 is 0 Å². The van der Waals surface area contributed by atoms with Gasteiger partial charge in [-0.15, -0.1) is 23.2 Å². The van der Waals surface area contributed by atoms with Gasteiger partial charge in [-0.1, -0.05) is 121 Å². The van der Waals surface area contributed by atoms with Crippen LogP contribution in [0.15, 0.2) is 121 Å². The van der Waals surface area contributed by atoms with E-state index in [2.05, 4.69) is 9.44 Å². The Labute approximate surface area is 290 Å². The van der Waals surface area contributed by atoms with Crippen molar-refractivity contribution in [1.29, 1.82) is 0 Å². The zero-order valence-electron chi connectivity index (χ0n) is 25.6. The number of hydrogen-bond acceptors (Lipinski definition) is 7. The normalized spacial score (nSPS) is 14.4. The molecule has 0 radical (unpaired) electrons. The number of benzene rings is 4. The molecule has 9 nitrogen and oxygen atoms in total. The third kappa shape index (κ3) is 11.2. The van der Waals surface area contributed by atoms with Crippen LogP contribution in [0.1, 0.15) is 22.3 Å². The van der Waals surface area contributed by atoms with Crippen LogP contribution < -0.4 is 9.44 Å². The molecule has 2 unspecified atom stereocenters. The second-order valence-electron chi connectivity index (χ2n) is 11.1. The summed E-state index contributed by atoms with van der Waals surface area (Å²) >= 11 is 12.7. The van der Waals surface area contributed by atoms with E-state index in [-0.39, 0.29) is 12.8 Å². The predicted molar refractivity (Wildman–Crippen MR) is 187 cm³/mol. The van der Waals surface area contributed by atoms with Gasteiger partial charge in [-0.2, -0.15) is 0 Å². The Kier molecular flexibility index (Phi) is 13.2. The van der Waals surface area contributed by atoms with E-state index in [9.17, 15) is 31.2 Å². The number of carbonyl (C=O) groups is 3. The fourth-order valence-electron chi connectivity index (χ4n) is 4.97. The lowest BCUT2D eigenvalue weighted by atomic mass is 9.95. The van der Waals surface area contributed by atoms with Crippen molar-refractivity contribution >= 4 is 60.6 Å². The summed E-state index contributed by atoms with van der Waals surface area (Å²) in [5.41, 5.74) is 2.12. The lowest BCUT2D eigenvalue weighted by Crippen LogP contribution is -2.52. The number of alkyl halides is 2. The van der Waals surface area contributed by atoms with Crippen molar-refractivity contribution in [3.8, 4) is 0 Å². The van der Waals surface area contributed by atoms with Crippen LogP contribution in [0.4, 0.5) is 0 Å². The Hall–Kier alpha value is -3.71. The third-order valence-corrected chi connectivity index (χ3v) is 10.9. The first kappa shape index (κ1) is 37.1. The number of hydrogen-bond donors (Lipinski definition) is 2. The minimum absolute atomic E-state index is 0.138. The summed E-state index contributed by atoms with van der Waals surface area (Å²) in [4.78, 5) is 40.8. The van der Waals surface area contributed by atoms with Crippen LogP contribution in [0, 0.1) is 0 Å². The van der Waals surface area contributed by atoms with Crippen LogP contribution in [-0.2, 0) is 58.8 Å². The van der Waals surface area contributed by atoms with Gasteiger partial charge >= 0.3 is 0 Å². The average Bonchev–Trinajstić information content (AvgIpc) is 3.07. The van der Waals surface area contributed by atoms with Crippen LogP contribution in [0.5, 0.6) is 0 Å². The highest BCUT2D eigenvalue weighted by Crippen LogP contribution is 2.19. The zero-order valence-corrected chi connectivity index (χ0v) is 28.8. The van der Waals surface area contributed by atoms with Crippen LogP contribution in [0.3, 0.4) is 0 Å². The van der Waals surface area contributed by atoms with Gasteiger partial charge in [0.2, 0.25) is 20.0 Å². The van der Waals surface area contributed by atoms with Gasteiger partial charge in [0.05, 0.1) is 23.6 Å². The molecule has 0 fully saturated rings. The van der Waals surface area contributed by atoms with Crippen molar-refractivity contribution in [3.05, 3.63) is 144 Å². The molecule has 0 aliphatic carbocycles. The highest BCUT2D eigenvalue weighted by Gasteiger charge is 2.41. The van der Waals surface area contributed by atoms with E-state index in [4.69, 9.17) is 23.2 Å². The molecule has 13 heteroatoms. The highest BCUT2D eigenvalue weighted by atomic mass is 35.5. The number of carbonyl (C=O) groups excluding carboxylic acids is 3. The van der Waals surface area contributed by atoms with Gasteiger partial charge in [0.1, 0.15) is 0 Å². The zero-order chi connectivity index (χ0) is 34.7. The molecule has 0 aliphatic heterocycles. The maximum absolute atomic E-state index is 13.7. The number of halogens is 2. The van der Waals surface area contributed by atoms with Crippen molar-refractivity contribution < 1.29 is 31.2 Å². The molecule has 0 heterocycles. The summed E-state index contributed by atoms with van der Waals surface area (Å²) in [6.45, 7) is 0. The molecule has 0 saturated carbocycles. The van der Waals surface area contributed by atoms with Crippen molar-refractivity contribution in [2.45, 2.75) is 47.2 Å². The number of rotatable bonds is 18. The molecule has 0 aromatic heterocycles. The molecule has 48 heavy (non-hydrogen) atoms. The van der Waals surface area contributed by atoms with Crippen LogP contribution in [0.25, 0.3) is 0 Å². The topological polar surface area (TPSA) is 144 Å². The Morgan fingerprint density at radius 1 is 0.458 bits per heavy atom. The van der Waals surface area contributed by atoms with Crippen molar-refractivity contribution in [3.63, 3.8) is 0 Å². The maximum Gasteiger partial charge on any atom is 0.216 e. The highest BCUT2D eigenvalue weighted by molar-refractivity contribution is 7.89. The molecule has 4 rings (SSSR count). The fourth-order valence-corrected chi connectivity index (χ4v) is 8.28. The van der Waals surface area contributed by atoms with E-state index in [0.717, 1.165) is 0 Å². The molecule has 4 aromatic rings. The SMILES string of the molecule is O=C(C(Cl)C(=O)[C@H](Cc1ccccc1)NS(=O)(=O)Cc1ccccc1)C(Cl)C(=O)[C@H](Cc1ccccc1)NS(=O)(=O)Cc1ccccc1. The number of ketones is 3. The lowest BCUT2D eigenvalue weighted by Gasteiger charge is -2.23. The van der Waals surface area contributed by atoms with Crippen molar-refractivity contribution in [2.75, 3.05) is 0 Å². The van der Waals surface area contributed by atoms with Crippen LogP contribution in [-0.4, -0.2) is 57.0 Å². The summed E-state index contributed by atoms with van der Waals surface area (Å²) in [5.74, 6) is -4.09. The summed E-state index contributed by atoms with van der Waals surface area (Å²) < 4.78 is 57.3. The van der Waals surface area contributed by atoms with Gasteiger partial charge in [0.25, 0.3) is 0 Å². The molecule has 2 N–H and O–H groups in total. The standard InChI is InChI=1S/C35H34Cl2N2O7S2/c36-31(33(40)29(21-25-13-5-1-6-14-25)38-47(43,44)23-27-17-9-3-10-18-27)35(42)32(37)34(41)30(22-26-15-7-2-8-16-26)39-48(45,46)24-28-19-11-4-12-20-28/h1-20,29-32,38-39H,21-24H2/t29-,30-,31?,32?/m0/s1. The molecule has 0 bridgehead atoms. The van der Waals surface area contributed by atoms with Crippen molar-refractivity contribution in [2.24, 2.45) is 0 Å². The van der Waals surface area contributed by atoms with Gasteiger partial charge in [-0.05, 0) is 35.1 Å². The maximum atomic E-state index is 13.7. The first-order chi connectivity index (χ1) is 22.8. The molecule has 0 saturated heterocycles. The predicted octanol–water partition coefficient (Wildman–Crippen LogP) is 4.37. The van der Waals surface area contributed by atoms with Crippen LogP contribution in [0.2, 0.25) is 0 Å². The monoisotopic (exact) mass is 728 g/mol. The van der Waals surface area contributed by atoms with Gasteiger partial charge in [0, 0.05) is 0 Å². The molecule has 252 valence electrons. The molecule has 4 aromatic carbocycles. The average molecular weight is 730 g/mol. The van der Waals surface area contributed by atoms with Gasteiger partial charge in [-0.3, -0.25) is 14.4 Å². The smallest absolute Gasteiger partial charge is 0.216 e. The van der Waals surface area contributed by atoms with E-state index in [0.29, 0.717) is 22.3 Å². The molecule has 0 aliphatic rings. The molecule has 4 atom stereocenters. The largest absolute Gasteiger partial charge is 0.296 e. The quantitative estimate of drug-likeness (QED) is 0.114. The minimum atomic E-state index is -4.11. The van der Waals surface area contributed by atoms with Crippen molar-refractivity contribution in [1.82, 2.24) is 9.44 Å².